The number of carbonyl (C=O) groups is 2. The van der Waals surface area contributed by atoms with E-state index in [4.69, 9.17) is 10.8 Å². The molecule has 0 bridgehead atoms. The van der Waals surface area contributed by atoms with E-state index in [9.17, 15) is 14.0 Å². The monoisotopic (exact) mass is 226 g/mol. The van der Waals surface area contributed by atoms with Crippen molar-refractivity contribution in [2.45, 2.75) is 13.0 Å². The summed E-state index contributed by atoms with van der Waals surface area (Å²) in [6.45, 7) is 1.44. The van der Waals surface area contributed by atoms with Gasteiger partial charge in [0.2, 0.25) is 5.91 Å². The molecule has 1 rings (SSSR count). The van der Waals surface area contributed by atoms with Crippen LogP contribution in [0.4, 0.5) is 10.1 Å². The van der Waals surface area contributed by atoms with Gasteiger partial charge < -0.3 is 16.2 Å². The molecule has 1 amide bonds. The number of amides is 1. The molecule has 0 fully saturated rings. The highest BCUT2D eigenvalue weighted by molar-refractivity contribution is 6.02. The maximum absolute atomic E-state index is 13.2. The Morgan fingerprint density at radius 1 is 1.50 bits per heavy atom. The lowest BCUT2D eigenvalue weighted by atomic mass is 10.1. The summed E-state index contributed by atoms with van der Waals surface area (Å²) >= 11 is 0. The van der Waals surface area contributed by atoms with Gasteiger partial charge in [-0.3, -0.25) is 4.79 Å². The van der Waals surface area contributed by atoms with E-state index in [1.54, 1.807) is 0 Å². The quantitative estimate of drug-likeness (QED) is 0.711. The molecule has 4 N–H and O–H groups in total. The number of nitrogens with two attached hydrogens (primary N) is 1. The van der Waals surface area contributed by atoms with Crippen molar-refractivity contribution in [2.75, 3.05) is 5.32 Å². The minimum atomic E-state index is -1.45. The molecule has 0 unspecified atom stereocenters. The Balaban J connectivity index is 3.09. The van der Waals surface area contributed by atoms with Crippen LogP contribution >= 0.6 is 0 Å². The lowest BCUT2D eigenvalue weighted by molar-refractivity contribution is -0.117. The summed E-state index contributed by atoms with van der Waals surface area (Å²) in [6, 6.07) is 2.81. The first kappa shape index (κ1) is 12.1. The van der Waals surface area contributed by atoms with E-state index in [1.165, 1.54) is 19.1 Å². The number of nitrogens with one attached hydrogen (secondary N) is 1. The molecule has 0 spiro atoms. The topological polar surface area (TPSA) is 92.4 Å². The number of carbonyl (C=O) groups excluding carboxylic acids is 1. The van der Waals surface area contributed by atoms with Gasteiger partial charge in [-0.25, -0.2) is 9.18 Å². The third-order valence-electron chi connectivity index (χ3n) is 1.90. The average molecular weight is 226 g/mol. The van der Waals surface area contributed by atoms with E-state index in [0.717, 1.165) is 6.07 Å². The maximum atomic E-state index is 13.2. The van der Waals surface area contributed by atoms with Gasteiger partial charge in [0.25, 0.3) is 0 Å². The molecular weight excluding hydrogens is 215 g/mol. The Labute approximate surface area is 91.1 Å². The first-order valence-electron chi connectivity index (χ1n) is 4.51. The van der Waals surface area contributed by atoms with Gasteiger partial charge in [-0.05, 0) is 19.1 Å². The molecule has 0 aliphatic carbocycles. The van der Waals surface area contributed by atoms with Crippen molar-refractivity contribution in [3.05, 3.63) is 29.6 Å². The fourth-order valence-corrected chi connectivity index (χ4v) is 1.09. The Morgan fingerprint density at radius 2 is 2.12 bits per heavy atom. The summed E-state index contributed by atoms with van der Waals surface area (Å²) in [4.78, 5) is 22.0. The van der Waals surface area contributed by atoms with Gasteiger partial charge in [0.1, 0.15) is 11.4 Å². The molecule has 0 heterocycles. The van der Waals surface area contributed by atoms with Crippen LogP contribution in [0.5, 0.6) is 0 Å². The molecule has 0 saturated carbocycles. The van der Waals surface area contributed by atoms with E-state index >= 15 is 0 Å². The smallest absolute Gasteiger partial charge is 0.340 e. The minimum absolute atomic E-state index is 0.102. The molecule has 5 nitrogen and oxygen atoms in total. The van der Waals surface area contributed by atoms with Gasteiger partial charge in [0, 0.05) is 0 Å². The van der Waals surface area contributed by atoms with Crippen LogP contribution in [-0.4, -0.2) is 23.0 Å². The summed E-state index contributed by atoms with van der Waals surface area (Å²) in [6.07, 6.45) is 0. The minimum Gasteiger partial charge on any atom is -0.478 e. The Morgan fingerprint density at radius 3 is 2.62 bits per heavy atom. The highest BCUT2D eigenvalue weighted by Crippen LogP contribution is 2.18. The highest BCUT2D eigenvalue weighted by Gasteiger charge is 2.18. The summed E-state index contributed by atoms with van der Waals surface area (Å²) in [5.41, 5.74) is 4.62. The Hall–Kier alpha value is -1.95. The lowest BCUT2D eigenvalue weighted by Crippen LogP contribution is -2.33. The first-order chi connectivity index (χ1) is 7.43. The van der Waals surface area contributed by atoms with Crippen molar-refractivity contribution in [3.63, 3.8) is 0 Å². The van der Waals surface area contributed by atoms with E-state index in [1.807, 2.05) is 0 Å². The van der Waals surface area contributed by atoms with Crippen LogP contribution in [0.1, 0.15) is 17.3 Å². The van der Waals surface area contributed by atoms with E-state index in [0.29, 0.717) is 0 Å². The molecular formula is C10H11FN2O3. The number of hydrogen-bond acceptors (Lipinski definition) is 3. The normalized spacial score (nSPS) is 11.9. The largest absolute Gasteiger partial charge is 0.478 e. The first-order valence-corrected chi connectivity index (χ1v) is 4.51. The van der Waals surface area contributed by atoms with Crippen molar-refractivity contribution >= 4 is 17.6 Å². The predicted octanol–water partition coefficient (Wildman–Crippen LogP) is 0.810. The Bertz CT molecular complexity index is 432. The van der Waals surface area contributed by atoms with Crippen LogP contribution in [0.15, 0.2) is 18.2 Å². The van der Waals surface area contributed by atoms with Crippen LogP contribution in [0, 0.1) is 5.82 Å². The second kappa shape index (κ2) is 4.71. The number of anilines is 1. The molecule has 1 aromatic rings. The molecule has 16 heavy (non-hydrogen) atoms. The fourth-order valence-electron chi connectivity index (χ4n) is 1.09. The number of rotatable bonds is 3. The number of carboxylic acids is 1. The van der Waals surface area contributed by atoms with Gasteiger partial charge in [0.15, 0.2) is 0 Å². The molecule has 0 aliphatic heterocycles. The number of benzene rings is 1. The van der Waals surface area contributed by atoms with Gasteiger partial charge >= 0.3 is 5.97 Å². The zero-order valence-electron chi connectivity index (χ0n) is 8.53. The number of aromatic carboxylic acids is 1. The third kappa shape index (κ3) is 2.54. The number of hydrogen-bond donors (Lipinski definition) is 3. The molecule has 1 aromatic carbocycles. The second-order valence-corrected chi connectivity index (χ2v) is 3.25. The van der Waals surface area contributed by atoms with Crippen LogP contribution in [0.3, 0.4) is 0 Å². The zero-order valence-corrected chi connectivity index (χ0v) is 8.53. The Kier molecular flexibility index (Phi) is 3.57. The summed E-state index contributed by atoms with van der Waals surface area (Å²) < 4.78 is 13.2. The average Bonchev–Trinajstić information content (AvgIpc) is 2.16. The summed E-state index contributed by atoms with van der Waals surface area (Å²) in [5, 5.41) is 11.0. The highest BCUT2D eigenvalue weighted by atomic mass is 19.1. The van der Waals surface area contributed by atoms with Crippen LogP contribution < -0.4 is 11.1 Å². The SMILES string of the molecule is C[C@@H](N)C(=O)Nc1cccc(F)c1C(=O)O. The van der Waals surface area contributed by atoms with Crippen molar-refractivity contribution in [1.29, 1.82) is 0 Å². The molecule has 0 aliphatic rings. The fraction of sp³-hybridized carbons (Fsp3) is 0.200. The summed E-state index contributed by atoms with van der Waals surface area (Å²) in [5.74, 6) is -2.93. The number of carboxylic acid groups (broad SMARTS) is 1. The molecule has 6 heteroatoms. The van der Waals surface area contributed by atoms with Crippen molar-refractivity contribution in [2.24, 2.45) is 5.73 Å². The molecule has 0 aromatic heterocycles. The van der Waals surface area contributed by atoms with E-state index in [2.05, 4.69) is 5.32 Å². The van der Waals surface area contributed by atoms with Gasteiger partial charge in [-0.2, -0.15) is 0 Å². The van der Waals surface area contributed by atoms with E-state index in [-0.39, 0.29) is 5.69 Å². The second-order valence-electron chi connectivity index (χ2n) is 3.25. The van der Waals surface area contributed by atoms with Gasteiger partial charge in [0.05, 0.1) is 11.7 Å². The van der Waals surface area contributed by atoms with Crippen LogP contribution in [0.2, 0.25) is 0 Å². The maximum Gasteiger partial charge on any atom is 0.340 e. The van der Waals surface area contributed by atoms with Crippen molar-refractivity contribution in [3.8, 4) is 0 Å². The van der Waals surface area contributed by atoms with Gasteiger partial charge in [-0.1, -0.05) is 6.07 Å². The van der Waals surface area contributed by atoms with Crippen molar-refractivity contribution in [1.82, 2.24) is 0 Å². The third-order valence-corrected chi connectivity index (χ3v) is 1.90. The predicted molar refractivity (Wildman–Crippen MR) is 55.6 cm³/mol. The lowest BCUT2D eigenvalue weighted by Gasteiger charge is -2.10. The zero-order chi connectivity index (χ0) is 12.3. The van der Waals surface area contributed by atoms with Crippen LogP contribution in [-0.2, 0) is 4.79 Å². The van der Waals surface area contributed by atoms with Gasteiger partial charge in [-0.15, -0.1) is 0 Å². The van der Waals surface area contributed by atoms with Crippen LogP contribution in [0.25, 0.3) is 0 Å². The summed E-state index contributed by atoms with van der Waals surface area (Å²) in [7, 11) is 0. The molecule has 0 saturated heterocycles. The van der Waals surface area contributed by atoms with E-state index < -0.39 is 29.3 Å². The number of halogens is 1. The molecule has 1 atom stereocenters. The van der Waals surface area contributed by atoms with Crippen molar-refractivity contribution < 1.29 is 19.1 Å². The molecule has 86 valence electrons. The standard InChI is InChI=1S/C10H11FN2O3/c1-5(12)9(14)13-7-4-2-3-6(11)8(7)10(15)16/h2-5H,12H2,1H3,(H,13,14)(H,15,16)/t5-/m1/s1. The molecule has 0 radical (unpaired) electrons.